The van der Waals surface area contributed by atoms with Crippen LogP contribution in [-0.4, -0.2) is 36.4 Å². The number of fused-ring (bicyclic) bond motifs is 1. The Balaban J connectivity index is 2.09. The van der Waals surface area contributed by atoms with Gasteiger partial charge in [0.25, 0.3) is 0 Å². The molecule has 0 saturated carbocycles. The fourth-order valence-electron chi connectivity index (χ4n) is 3.29. The smallest absolute Gasteiger partial charge is 0.161 e. The van der Waals surface area contributed by atoms with Crippen molar-refractivity contribution in [2.45, 2.75) is 38.0 Å². The van der Waals surface area contributed by atoms with Crippen molar-refractivity contribution in [3.8, 4) is 0 Å². The van der Waals surface area contributed by atoms with Gasteiger partial charge in [0.1, 0.15) is 0 Å². The fourth-order valence-corrected chi connectivity index (χ4v) is 7.07. The molecule has 1 N–H and O–H groups in total. The van der Waals surface area contributed by atoms with Gasteiger partial charge in [-0.1, -0.05) is 43.8 Å². The zero-order chi connectivity index (χ0) is 15.2. The normalized spacial score (nSPS) is 27.1. The number of sulfone groups is 1. The van der Waals surface area contributed by atoms with Crippen LogP contribution < -0.4 is 4.90 Å². The first-order valence-electron chi connectivity index (χ1n) is 7.32. The summed E-state index contributed by atoms with van der Waals surface area (Å²) < 4.78 is 23.9. The summed E-state index contributed by atoms with van der Waals surface area (Å²) >= 11 is 1.41. The first kappa shape index (κ1) is 14.9. The Morgan fingerprint density at radius 1 is 1.24 bits per heavy atom. The Hall–Kier alpha value is -1.01. The Bertz CT molecular complexity index is 663. The van der Waals surface area contributed by atoms with Crippen LogP contribution in [0.2, 0.25) is 0 Å². The van der Waals surface area contributed by atoms with E-state index in [-0.39, 0.29) is 22.8 Å². The van der Waals surface area contributed by atoms with Crippen LogP contribution in [0.4, 0.5) is 5.69 Å². The van der Waals surface area contributed by atoms with Crippen molar-refractivity contribution in [2.24, 2.45) is 0 Å². The Morgan fingerprint density at radius 2 is 1.86 bits per heavy atom. The van der Waals surface area contributed by atoms with E-state index in [9.17, 15) is 8.42 Å². The third-order valence-corrected chi connectivity index (χ3v) is 7.42. The number of nitrogens with zero attached hydrogens (tertiary/aromatic N) is 1. The van der Waals surface area contributed by atoms with Gasteiger partial charge in [0.05, 0.1) is 17.5 Å². The van der Waals surface area contributed by atoms with Crippen molar-refractivity contribution in [1.82, 2.24) is 0 Å². The summed E-state index contributed by atoms with van der Waals surface area (Å²) in [5, 5.41) is 8.82. The molecule has 2 aliphatic rings. The number of para-hydroxylation sites is 1. The van der Waals surface area contributed by atoms with E-state index in [2.05, 4.69) is 32.0 Å². The van der Waals surface area contributed by atoms with Crippen molar-refractivity contribution in [3.05, 3.63) is 29.3 Å². The lowest BCUT2D eigenvalue weighted by molar-refractivity contribution is 0.601. The van der Waals surface area contributed by atoms with Crippen LogP contribution in [0.3, 0.4) is 0 Å². The molecule has 2 fully saturated rings. The molecule has 2 saturated heterocycles. The van der Waals surface area contributed by atoms with Crippen molar-refractivity contribution in [3.63, 3.8) is 0 Å². The Morgan fingerprint density at radius 3 is 2.43 bits per heavy atom. The minimum absolute atomic E-state index is 0.0112. The molecule has 2 unspecified atom stereocenters. The second-order valence-corrected chi connectivity index (χ2v) is 8.99. The van der Waals surface area contributed by atoms with Gasteiger partial charge in [-0.3, -0.25) is 5.41 Å². The second-order valence-electron chi connectivity index (χ2n) is 5.61. The first-order valence-corrected chi connectivity index (χ1v) is 10.0. The molecule has 0 amide bonds. The van der Waals surface area contributed by atoms with Gasteiger partial charge >= 0.3 is 0 Å². The van der Waals surface area contributed by atoms with Gasteiger partial charge in [-0.05, 0) is 24.0 Å². The summed E-state index contributed by atoms with van der Waals surface area (Å²) in [7, 11) is -2.97. The molecule has 1 aromatic carbocycles. The minimum Gasteiger partial charge on any atom is -0.316 e. The number of hydrogen-bond donors (Lipinski definition) is 1. The van der Waals surface area contributed by atoms with Crippen LogP contribution in [0.15, 0.2) is 18.2 Å². The molecule has 1 aromatic rings. The third-order valence-electron chi connectivity index (χ3n) is 4.29. The number of amidine groups is 1. The second kappa shape index (κ2) is 5.32. The van der Waals surface area contributed by atoms with Gasteiger partial charge in [-0.2, -0.15) is 0 Å². The number of aryl methyl sites for hydroxylation is 2. The highest BCUT2D eigenvalue weighted by atomic mass is 32.2. The van der Waals surface area contributed by atoms with E-state index < -0.39 is 9.84 Å². The van der Waals surface area contributed by atoms with Crippen LogP contribution in [0.1, 0.15) is 25.0 Å². The minimum atomic E-state index is -2.97. The zero-order valence-electron chi connectivity index (χ0n) is 12.3. The Kier molecular flexibility index (Phi) is 3.78. The predicted molar refractivity (Wildman–Crippen MR) is 89.2 cm³/mol. The lowest BCUT2D eigenvalue weighted by Crippen LogP contribution is -2.38. The molecular formula is C15H20N2O2S2. The summed E-state index contributed by atoms with van der Waals surface area (Å²) in [6, 6.07) is 6.15. The van der Waals surface area contributed by atoms with E-state index >= 15 is 0 Å². The molecule has 0 aliphatic carbocycles. The van der Waals surface area contributed by atoms with E-state index in [1.165, 1.54) is 22.9 Å². The molecule has 0 bridgehead atoms. The van der Waals surface area contributed by atoms with Gasteiger partial charge < -0.3 is 4.90 Å². The number of anilines is 1. The topological polar surface area (TPSA) is 61.2 Å². The highest BCUT2D eigenvalue weighted by Crippen LogP contribution is 2.42. The highest BCUT2D eigenvalue weighted by Gasteiger charge is 2.49. The summed E-state index contributed by atoms with van der Waals surface area (Å²) in [5.41, 5.74) is 3.47. The molecular weight excluding hydrogens is 304 g/mol. The molecule has 2 aliphatic heterocycles. The number of rotatable bonds is 3. The highest BCUT2D eigenvalue weighted by molar-refractivity contribution is 8.15. The molecule has 4 nitrogen and oxygen atoms in total. The van der Waals surface area contributed by atoms with Crippen molar-refractivity contribution < 1.29 is 8.42 Å². The van der Waals surface area contributed by atoms with Crippen LogP contribution in [-0.2, 0) is 22.7 Å². The quantitative estimate of drug-likeness (QED) is 0.928. The van der Waals surface area contributed by atoms with Crippen LogP contribution in [0.5, 0.6) is 0 Å². The van der Waals surface area contributed by atoms with E-state index in [0.29, 0.717) is 5.17 Å². The molecule has 0 radical (unpaired) electrons. The summed E-state index contributed by atoms with van der Waals surface area (Å²) in [6.07, 6.45) is 1.78. The molecule has 21 heavy (non-hydrogen) atoms. The number of benzene rings is 1. The van der Waals surface area contributed by atoms with E-state index in [4.69, 9.17) is 5.41 Å². The van der Waals surface area contributed by atoms with Crippen molar-refractivity contribution >= 4 is 32.5 Å². The van der Waals surface area contributed by atoms with Gasteiger partial charge in [0.15, 0.2) is 15.0 Å². The zero-order valence-corrected chi connectivity index (χ0v) is 13.9. The third kappa shape index (κ3) is 2.48. The number of thioether (sulfide) groups is 1. The van der Waals surface area contributed by atoms with Gasteiger partial charge in [-0.25, -0.2) is 8.42 Å². The maximum Gasteiger partial charge on any atom is 0.161 e. The average Bonchev–Trinajstić information content (AvgIpc) is 2.88. The molecule has 6 heteroatoms. The van der Waals surface area contributed by atoms with Gasteiger partial charge in [-0.15, -0.1) is 0 Å². The van der Waals surface area contributed by atoms with Crippen LogP contribution in [0, 0.1) is 5.41 Å². The predicted octanol–water partition coefficient (Wildman–Crippen LogP) is 2.46. The number of nitrogens with one attached hydrogen (secondary N) is 1. The van der Waals surface area contributed by atoms with Crippen molar-refractivity contribution in [1.29, 1.82) is 5.41 Å². The Labute approximate surface area is 130 Å². The lowest BCUT2D eigenvalue weighted by atomic mass is 10.0. The fraction of sp³-hybridized carbons (Fsp3) is 0.533. The largest absolute Gasteiger partial charge is 0.316 e. The van der Waals surface area contributed by atoms with Crippen molar-refractivity contribution in [2.75, 3.05) is 16.4 Å². The number of hydrogen-bond acceptors (Lipinski definition) is 4. The summed E-state index contributed by atoms with van der Waals surface area (Å²) in [4.78, 5) is 1.98. The molecule has 0 spiro atoms. The molecule has 3 rings (SSSR count). The summed E-state index contributed by atoms with van der Waals surface area (Å²) in [6.45, 7) is 4.21. The van der Waals surface area contributed by atoms with Crippen LogP contribution >= 0.6 is 11.8 Å². The molecule has 2 heterocycles. The molecule has 2 atom stereocenters. The maximum absolute atomic E-state index is 11.9. The van der Waals surface area contributed by atoms with E-state index in [0.717, 1.165) is 18.5 Å². The monoisotopic (exact) mass is 324 g/mol. The average molecular weight is 324 g/mol. The molecule has 114 valence electrons. The molecule has 0 aromatic heterocycles. The lowest BCUT2D eigenvalue weighted by Gasteiger charge is -2.28. The van der Waals surface area contributed by atoms with Gasteiger partial charge in [0, 0.05) is 10.9 Å². The summed E-state index contributed by atoms with van der Waals surface area (Å²) in [5.74, 6) is 0.380. The van der Waals surface area contributed by atoms with E-state index in [1.54, 1.807) is 0 Å². The SMILES string of the molecule is CCc1cccc(CC)c1N1C(=N)SC2CS(=O)(=O)CC21. The standard InChI is InChI=1S/C15H20N2O2S2/c1-3-10-6-5-7-11(4-2)14(10)17-12-8-21(18,19)9-13(12)20-15(17)16/h5-7,12-13,16H,3-4,8-9H2,1-2H3. The van der Waals surface area contributed by atoms with Gasteiger partial charge in [0.2, 0.25) is 0 Å². The van der Waals surface area contributed by atoms with Crippen LogP contribution in [0.25, 0.3) is 0 Å². The first-order chi connectivity index (χ1) is 9.96. The maximum atomic E-state index is 11.9. The van der Waals surface area contributed by atoms with E-state index in [1.807, 2.05) is 4.90 Å².